The molecule has 2 aromatic rings. The monoisotopic (exact) mass is 223 g/mol. The van der Waals surface area contributed by atoms with Gasteiger partial charge in [-0.3, -0.25) is 0 Å². The molecule has 0 radical (unpaired) electrons. The van der Waals surface area contributed by atoms with E-state index >= 15 is 0 Å². The molecule has 2 rings (SSSR count). The molecule has 0 fully saturated rings. The van der Waals surface area contributed by atoms with Gasteiger partial charge in [0.05, 0.1) is 0 Å². The first-order chi connectivity index (χ1) is 7.20. The van der Waals surface area contributed by atoms with Gasteiger partial charge in [0.15, 0.2) is 5.01 Å². The molecule has 1 aromatic heterocycles. The van der Waals surface area contributed by atoms with Crippen molar-refractivity contribution in [2.45, 2.75) is 6.92 Å². The fourth-order valence-electron chi connectivity index (χ4n) is 1.24. The van der Waals surface area contributed by atoms with Crippen molar-refractivity contribution in [1.29, 1.82) is 0 Å². The van der Waals surface area contributed by atoms with Crippen LogP contribution in [-0.2, 0) is 0 Å². The van der Waals surface area contributed by atoms with Crippen LogP contribution >= 0.6 is 11.3 Å². The number of hydrogen-bond acceptors (Lipinski definition) is 4. The van der Waals surface area contributed by atoms with E-state index in [0.29, 0.717) is 15.7 Å². The van der Waals surface area contributed by atoms with Crippen LogP contribution in [0.4, 0.5) is 9.52 Å². The molecule has 0 aliphatic carbocycles. The molecule has 78 valence electrons. The van der Waals surface area contributed by atoms with E-state index in [1.54, 1.807) is 19.2 Å². The lowest BCUT2D eigenvalue weighted by molar-refractivity contribution is 0.630. The Kier molecular flexibility index (Phi) is 2.64. The maximum absolute atomic E-state index is 13.5. The third kappa shape index (κ3) is 1.97. The van der Waals surface area contributed by atoms with Crippen LogP contribution in [0.5, 0.6) is 0 Å². The molecule has 0 spiro atoms. The van der Waals surface area contributed by atoms with Crippen molar-refractivity contribution in [1.82, 2.24) is 10.2 Å². The van der Waals surface area contributed by atoms with Crippen molar-refractivity contribution in [3.05, 3.63) is 29.6 Å². The van der Waals surface area contributed by atoms with E-state index in [4.69, 9.17) is 0 Å². The zero-order valence-electron chi connectivity index (χ0n) is 8.41. The van der Waals surface area contributed by atoms with Crippen LogP contribution in [-0.4, -0.2) is 17.2 Å². The summed E-state index contributed by atoms with van der Waals surface area (Å²) in [5.41, 5.74) is 1.52. The minimum atomic E-state index is -0.264. The summed E-state index contributed by atoms with van der Waals surface area (Å²) < 4.78 is 13.5. The van der Waals surface area contributed by atoms with Crippen molar-refractivity contribution in [2.24, 2.45) is 0 Å². The number of nitrogens with one attached hydrogen (secondary N) is 1. The van der Waals surface area contributed by atoms with Crippen molar-refractivity contribution in [3.8, 4) is 10.6 Å². The third-order valence-corrected chi connectivity index (χ3v) is 2.97. The number of nitrogens with zero attached hydrogens (tertiary/aromatic N) is 2. The van der Waals surface area contributed by atoms with Gasteiger partial charge in [-0.2, -0.15) is 0 Å². The molecular formula is C10H10FN3S. The standard InChI is InChI=1S/C10H10FN3S/c1-6-3-4-8(11)7(5-6)9-13-14-10(12-2)15-9/h3-5H,1-2H3,(H,12,14). The summed E-state index contributed by atoms with van der Waals surface area (Å²) >= 11 is 1.34. The van der Waals surface area contributed by atoms with Gasteiger partial charge < -0.3 is 5.32 Å². The maximum atomic E-state index is 13.5. The number of anilines is 1. The molecule has 0 saturated heterocycles. The molecular weight excluding hydrogens is 213 g/mol. The number of aryl methyl sites for hydroxylation is 1. The topological polar surface area (TPSA) is 37.8 Å². The van der Waals surface area contributed by atoms with Crippen LogP contribution in [0.15, 0.2) is 18.2 Å². The summed E-state index contributed by atoms with van der Waals surface area (Å²) in [5, 5.41) is 12.0. The quantitative estimate of drug-likeness (QED) is 0.850. The summed E-state index contributed by atoms with van der Waals surface area (Å²) in [4.78, 5) is 0. The second kappa shape index (κ2) is 3.94. The molecule has 15 heavy (non-hydrogen) atoms. The number of aromatic nitrogens is 2. The zero-order chi connectivity index (χ0) is 10.8. The summed E-state index contributed by atoms with van der Waals surface area (Å²) in [6, 6.07) is 4.96. The van der Waals surface area contributed by atoms with Gasteiger partial charge in [-0.25, -0.2) is 4.39 Å². The molecule has 1 aromatic carbocycles. The van der Waals surface area contributed by atoms with Crippen LogP contribution in [0.3, 0.4) is 0 Å². The van der Waals surface area contributed by atoms with E-state index in [2.05, 4.69) is 15.5 Å². The predicted octanol–water partition coefficient (Wildman–Crippen LogP) is 2.69. The van der Waals surface area contributed by atoms with Gasteiger partial charge in [-0.1, -0.05) is 23.0 Å². The minimum absolute atomic E-state index is 0.264. The summed E-state index contributed by atoms with van der Waals surface area (Å²) in [6.07, 6.45) is 0. The van der Waals surface area contributed by atoms with E-state index in [0.717, 1.165) is 5.56 Å². The van der Waals surface area contributed by atoms with Gasteiger partial charge >= 0.3 is 0 Å². The van der Waals surface area contributed by atoms with E-state index in [1.165, 1.54) is 17.4 Å². The molecule has 0 aliphatic rings. The first-order valence-corrected chi connectivity index (χ1v) is 5.30. The normalized spacial score (nSPS) is 10.3. The van der Waals surface area contributed by atoms with E-state index in [1.807, 2.05) is 6.92 Å². The second-order valence-corrected chi connectivity index (χ2v) is 4.12. The Morgan fingerprint density at radius 3 is 2.80 bits per heavy atom. The Morgan fingerprint density at radius 2 is 2.13 bits per heavy atom. The van der Waals surface area contributed by atoms with Gasteiger partial charge in [0.2, 0.25) is 5.13 Å². The van der Waals surface area contributed by atoms with Crippen molar-refractivity contribution in [3.63, 3.8) is 0 Å². The predicted molar refractivity (Wildman–Crippen MR) is 59.6 cm³/mol. The highest BCUT2D eigenvalue weighted by atomic mass is 32.1. The van der Waals surface area contributed by atoms with Crippen LogP contribution in [0, 0.1) is 12.7 Å². The molecule has 0 saturated carbocycles. The smallest absolute Gasteiger partial charge is 0.205 e. The summed E-state index contributed by atoms with van der Waals surface area (Å²) in [5.74, 6) is -0.264. The highest BCUT2D eigenvalue weighted by Gasteiger charge is 2.10. The molecule has 1 heterocycles. The Bertz CT molecular complexity index is 481. The molecule has 0 amide bonds. The second-order valence-electron chi connectivity index (χ2n) is 3.15. The Morgan fingerprint density at radius 1 is 1.33 bits per heavy atom. The van der Waals surface area contributed by atoms with Gasteiger partial charge in [0.1, 0.15) is 5.82 Å². The first-order valence-electron chi connectivity index (χ1n) is 4.48. The molecule has 0 bridgehead atoms. The SMILES string of the molecule is CNc1nnc(-c2cc(C)ccc2F)s1. The first kappa shape index (κ1) is 10.0. The summed E-state index contributed by atoms with van der Waals surface area (Å²) in [7, 11) is 1.76. The fourth-order valence-corrected chi connectivity index (χ4v) is 1.95. The maximum Gasteiger partial charge on any atom is 0.205 e. The van der Waals surface area contributed by atoms with Gasteiger partial charge in [0.25, 0.3) is 0 Å². The zero-order valence-corrected chi connectivity index (χ0v) is 9.23. The fraction of sp³-hybridized carbons (Fsp3) is 0.200. The molecule has 0 unspecified atom stereocenters. The third-order valence-electron chi connectivity index (χ3n) is 1.99. The van der Waals surface area contributed by atoms with Gasteiger partial charge in [0, 0.05) is 12.6 Å². The molecule has 3 nitrogen and oxygen atoms in total. The van der Waals surface area contributed by atoms with Crippen molar-refractivity contribution >= 4 is 16.5 Å². The molecule has 0 aliphatic heterocycles. The number of hydrogen-bond donors (Lipinski definition) is 1. The average Bonchev–Trinajstić information content (AvgIpc) is 2.70. The Balaban J connectivity index is 2.48. The molecule has 1 N–H and O–H groups in total. The van der Waals surface area contributed by atoms with Crippen LogP contribution < -0.4 is 5.32 Å². The van der Waals surface area contributed by atoms with Crippen LogP contribution in [0.1, 0.15) is 5.56 Å². The lowest BCUT2D eigenvalue weighted by atomic mass is 10.1. The Hall–Kier alpha value is -1.49. The van der Waals surface area contributed by atoms with E-state index in [-0.39, 0.29) is 5.82 Å². The Labute approximate surface area is 91.0 Å². The van der Waals surface area contributed by atoms with Gasteiger partial charge in [-0.05, 0) is 19.1 Å². The lowest BCUT2D eigenvalue weighted by Crippen LogP contribution is -1.85. The molecule has 5 heteroatoms. The number of benzene rings is 1. The van der Waals surface area contributed by atoms with E-state index < -0.39 is 0 Å². The van der Waals surface area contributed by atoms with Crippen LogP contribution in [0.2, 0.25) is 0 Å². The highest BCUT2D eigenvalue weighted by molar-refractivity contribution is 7.18. The number of halogens is 1. The summed E-state index contributed by atoms with van der Waals surface area (Å²) in [6.45, 7) is 1.92. The lowest BCUT2D eigenvalue weighted by Gasteiger charge is -1.99. The highest BCUT2D eigenvalue weighted by Crippen LogP contribution is 2.28. The van der Waals surface area contributed by atoms with Crippen molar-refractivity contribution in [2.75, 3.05) is 12.4 Å². The minimum Gasteiger partial charge on any atom is -0.363 e. The largest absolute Gasteiger partial charge is 0.363 e. The van der Waals surface area contributed by atoms with Crippen LogP contribution in [0.25, 0.3) is 10.6 Å². The molecule has 0 atom stereocenters. The number of rotatable bonds is 2. The average molecular weight is 223 g/mol. The van der Waals surface area contributed by atoms with Gasteiger partial charge in [-0.15, -0.1) is 10.2 Å². The van der Waals surface area contributed by atoms with Crippen molar-refractivity contribution < 1.29 is 4.39 Å². The van der Waals surface area contributed by atoms with E-state index in [9.17, 15) is 4.39 Å².